The first-order valence-corrected chi connectivity index (χ1v) is 14.1. The van der Waals surface area contributed by atoms with Gasteiger partial charge in [-0.15, -0.1) is 0 Å². The number of amides is 2. The maximum absolute atomic E-state index is 13.0. The molecule has 2 fully saturated rings. The minimum absolute atomic E-state index is 0.117. The Bertz CT molecular complexity index is 1600. The van der Waals surface area contributed by atoms with Crippen molar-refractivity contribution in [1.82, 2.24) is 29.7 Å². The van der Waals surface area contributed by atoms with Crippen molar-refractivity contribution in [2.45, 2.75) is 50.9 Å². The lowest BCUT2D eigenvalue weighted by Gasteiger charge is -2.15. The van der Waals surface area contributed by atoms with E-state index in [1.807, 2.05) is 4.90 Å². The summed E-state index contributed by atoms with van der Waals surface area (Å²) in [6.07, 6.45) is 1.41. The van der Waals surface area contributed by atoms with Gasteiger partial charge in [0.2, 0.25) is 5.91 Å². The number of carbonyl (C=O) groups is 2. The Balaban J connectivity index is 1.26. The molecule has 0 radical (unpaired) electrons. The quantitative estimate of drug-likeness (QED) is 0.261. The number of benzene rings is 2. The van der Waals surface area contributed by atoms with Gasteiger partial charge in [-0.3, -0.25) is 9.59 Å². The van der Waals surface area contributed by atoms with Gasteiger partial charge >= 0.3 is 6.18 Å². The topological polar surface area (TPSA) is 105 Å². The summed E-state index contributed by atoms with van der Waals surface area (Å²) < 4.78 is 40.9. The molecule has 9 nitrogen and oxygen atoms in total. The molecule has 1 saturated carbocycles. The van der Waals surface area contributed by atoms with Gasteiger partial charge in [0, 0.05) is 43.2 Å². The van der Waals surface area contributed by atoms with Gasteiger partial charge in [0.25, 0.3) is 5.91 Å². The van der Waals surface area contributed by atoms with E-state index >= 15 is 0 Å². The number of hydrogen-bond acceptors (Lipinski definition) is 6. The first-order valence-electron chi connectivity index (χ1n) is 14.1. The average molecular weight is 578 g/mol. The van der Waals surface area contributed by atoms with E-state index in [4.69, 9.17) is 9.97 Å². The average Bonchev–Trinajstić information content (AvgIpc) is 3.56. The van der Waals surface area contributed by atoms with Gasteiger partial charge in [-0.2, -0.15) is 13.2 Å². The summed E-state index contributed by atoms with van der Waals surface area (Å²) in [5, 5.41) is 6.32. The molecule has 4 aromatic rings. The number of nitrogens with zero attached hydrogens (tertiary/aromatic N) is 5. The van der Waals surface area contributed by atoms with Crippen LogP contribution in [0.15, 0.2) is 54.9 Å². The SMILES string of the molecule is O=C(NC1CC1)c1ccc(-c2nc(NCCCN3CCCC3=O)c3ncn(Cc4ccc(C(F)(F)F)cc4)c3n2)cc1. The largest absolute Gasteiger partial charge is 0.416 e. The second-order valence-electron chi connectivity index (χ2n) is 10.7. The van der Waals surface area contributed by atoms with Crippen LogP contribution >= 0.6 is 0 Å². The van der Waals surface area contributed by atoms with Gasteiger partial charge in [-0.05, 0) is 55.5 Å². The minimum atomic E-state index is -4.40. The smallest absolute Gasteiger partial charge is 0.368 e. The van der Waals surface area contributed by atoms with E-state index in [2.05, 4.69) is 15.6 Å². The molecule has 2 aliphatic rings. The number of hydrogen-bond donors (Lipinski definition) is 2. The van der Waals surface area contributed by atoms with E-state index in [1.165, 1.54) is 12.1 Å². The Hall–Kier alpha value is -4.48. The fourth-order valence-electron chi connectivity index (χ4n) is 4.99. The molecule has 2 amide bonds. The molecule has 218 valence electrons. The highest BCUT2D eigenvalue weighted by Gasteiger charge is 2.30. The second kappa shape index (κ2) is 11.4. The third kappa shape index (κ3) is 6.22. The summed E-state index contributed by atoms with van der Waals surface area (Å²) in [6, 6.07) is 12.3. The fourth-order valence-corrected chi connectivity index (χ4v) is 4.99. The molecule has 0 spiro atoms. The van der Waals surface area contributed by atoms with Gasteiger partial charge < -0.3 is 20.1 Å². The number of aromatic nitrogens is 4. The zero-order chi connectivity index (χ0) is 29.3. The van der Waals surface area contributed by atoms with Crippen LogP contribution in [0.1, 0.15) is 53.6 Å². The summed E-state index contributed by atoms with van der Waals surface area (Å²) in [7, 11) is 0. The van der Waals surface area contributed by atoms with Crippen molar-refractivity contribution in [3.63, 3.8) is 0 Å². The number of alkyl halides is 3. The molecule has 6 rings (SSSR count). The Morgan fingerprint density at radius 1 is 1.02 bits per heavy atom. The lowest BCUT2D eigenvalue weighted by molar-refractivity contribution is -0.137. The Morgan fingerprint density at radius 2 is 1.79 bits per heavy atom. The minimum Gasteiger partial charge on any atom is -0.368 e. The molecule has 1 saturated heterocycles. The number of rotatable bonds is 10. The second-order valence-corrected chi connectivity index (χ2v) is 10.7. The van der Waals surface area contributed by atoms with Crippen LogP contribution in [-0.4, -0.2) is 61.9 Å². The summed E-state index contributed by atoms with van der Waals surface area (Å²) in [6.45, 7) is 2.26. The third-order valence-electron chi connectivity index (χ3n) is 7.48. The summed E-state index contributed by atoms with van der Waals surface area (Å²) in [5.41, 5.74) is 2.26. The van der Waals surface area contributed by atoms with E-state index in [0.29, 0.717) is 59.0 Å². The summed E-state index contributed by atoms with van der Waals surface area (Å²) >= 11 is 0. The first-order chi connectivity index (χ1) is 20.2. The van der Waals surface area contributed by atoms with Crippen LogP contribution < -0.4 is 10.6 Å². The van der Waals surface area contributed by atoms with Crippen LogP contribution in [0.3, 0.4) is 0 Å². The number of likely N-dealkylation sites (tertiary alicyclic amines) is 1. The van der Waals surface area contributed by atoms with Crippen molar-refractivity contribution in [2.75, 3.05) is 25.0 Å². The van der Waals surface area contributed by atoms with Crippen LogP contribution in [0.5, 0.6) is 0 Å². The van der Waals surface area contributed by atoms with Crippen LogP contribution in [-0.2, 0) is 17.5 Å². The number of carbonyl (C=O) groups excluding carboxylic acids is 2. The van der Waals surface area contributed by atoms with Crippen LogP contribution in [0.4, 0.5) is 19.0 Å². The molecule has 2 N–H and O–H groups in total. The zero-order valence-corrected chi connectivity index (χ0v) is 22.8. The molecule has 0 unspecified atom stereocenters. The van der Waals surface area contributed by atoms with Crippen LogP contribution in [0.25, 0.3) is 22.6 Å². The van der Waals surface area contributed by atoms with Crippen LogP contribution in [0.2, 0.25) is 0 Å². The maximum atomic E-state index is 13.0. The highest BCUT2D eigenvalue weighted by molar-refractivity contribution is 5.95. The normalized spacial score (nSPS) is 15.4. The standard InChI is InChI=1S/C30H30F3N7O2/c31-30(32,33)22-10-4-19(5-11-22)17-40-18-35-25-27(34-14-2-16-39-15-1-3-24(39)41)37-26(38-28(25)40)20-6-8-21(9-7-20)29(42)36-23-12-13-23/h4-11,18,23H,1-3,12-17H2,(H,36,42)(H,34,37,38). The molecular formula is C30H30F3N7O2. The molecule has 1 aliphatic heterocycles. The molecule has 2 aromatic carbocycles. The van der Waals surface area contributed by atoms with Crippen molar-refractivity contribution in [2.24, 2.45) is 0 Å². The Morgan fingerprint density at radius 3 is 2.45 bits per heavy atom. The van der Waals surface area contributed by atoms with Crippen molar-refractivity contribution >= 4 is 28.8 Å². The molecule has 0 bridgehead atoms. The first kappa shape index (κ1) is 27.7. The lowest BCUT2D eigenvalue weighted by Crippen LogP contribution is -2.27. The fraction of sp³-hybridized carbons (Fsp3) is 0.367. The lowest BCUT2D eigenvalue weighted by atomic mass is 10.1. The van der Waals surface area contributed by atoms with Crippen molar-refractivity contribution < 1.29 is 22.8 Å². The molecule has 3 heterocycles. The number of imidazole rings is 1. The Kier molecular flexibility index (Phi) is 7.53. The third-order valence-corrected chi connectivity index (χ3v) is 7.48. The monoisotopic (exact) mass is 577 g/mol. The number of nitrogens with one attached hydrogen (secondary N) is 2. The van der Waals surface area contributed by atoms with Crippen molar-refractivity contribution in [3.05, 3.63) is 71.5 Å². The molecule has 12 heteroatoms. The van der Waals surface area contributed by atoms with E-state index in [-0.39, 0.29) is 24.4 Å². The van der Waals surface area contributed by atoms with Crippen molar-refractivity contribution in [3.8, 4) is 11.4 Å². The highest BCUT2D eigenvalue weighted by Crippen LogP contribution is 2.30. The Labute approximate surface area is 240 Å². The maximum Gasteiger partial charge on any atom is 0.416 e. The van der Waals surface area contributed by atoms with Crippen LogP contribution in [0, 0.1) is 0 Å². The molecule has 1 aliphatic carbocycles. The molecule has 42 heavy (non-hydrogen) atoms. The van der Waals surface area contributed by atoms with Gasteiger partial charge in [-0.25, -0.2) is 15.0 Å². The van der Waals surface area contributed by atoms with Gasteiger partial charge in [0.05, 0.1) is 18.4 Å². The van der Waals surface area contributed by atoms with Gasteiger partial charge in [0.1, 0.15) is 5.52 Å². The number of halogens is 3. The molecule has 0 atom stereocenters. The van der Waals surface area contributed by atoms with E-state index in [9.17, 15) is 22.8 Å². The molecule has 2 aromatic heterocycles. The number of anilines is 1. The van der Waals surface area contributed by atoms with E-state index < -0.39 is 11.7 Å². The van der Waals surface area contributed by atoms with Gasteiger partial charge in [0.15, 0.2) is 17.3 Å². The zero-order valence-electron chi connectivity index (χ0n) is 22.8. The molecular weight excluding hydrogens is 547 g/mol. The number of fused-ring (bicyclic) bond motifs is 1. The summed E-state index contributed by atoms with van der Waals surface area (Å²) in [4.78, 5) is 40.3. The predicted octanol–water partition coefficient (Wildman–Crippen LogP) is 4.88. The highest BCUT2D eigenvalue weighted by atomic mass is 19.4. The van der Waals surface area contributed by atoms with E-state index in [1.54, 1.807) is 35.2 Å². The predicted molar refractivity (Wildman–Crippen MR) is 151 cm³/mol. The summed E-state index contributed by atoms with van der Waals surface area (Å²) in [5.74, 6) is 0.999. The van der Waals surface area contributed by atoms with Crippen molar-refractivity contribution in [1.29, 1.82) is 0 Å². The van der Waals surface area contributed by atoms with Gasteiger partial charge in [-0.1, -0.05) is 24.3 Å². The van der Waals surface area contributed by atoms with E-state index in [0.717, 1.165) is 44.4 Å².